The monoisotopic (exact) mass is 317 g/mol. The van der Waals surface area contributed by atoms with Gasteiger partial charge in [-0.3, -0.25) is 0 Å². The normalized spacial score (nSPS) is 23.9. The van der Waals surface area contributed by atoms with Crippen LogP contribution in [-0.4, -0.2) is 20.1 Å². The van der Waals surface area contributed by atoms with Gasteiger partial charge in [-0.25, -0.2) is 13.1 Å². The molecule has 6 heteroatoms. The Morgan fingerprint density at radius 2 is 2.20 bits per heavy atom. The van der Waals surface area contributed by atoms with E-state index in [9.17, 15) is 13.5 Å². The Morgan fingerprint density at radius 3 is 2.85 bits per heavy atom. The van der Waals surface area contributed by atoms with E-state index in [1.165, 1.54) is 24.2 Å². The Bertz CT molecular complexity index is 551. The topological polar surface area (TPSA) is 66.4 Å². The van der Waals surface area contributed by atoms with Gasteiger partial charge in [-0.2, -0.15) is 0 Å². The highest BCUT2D eigenvalue weighted by atomic mass is 32.2. The second-order valence-electron chi connectivity index (χ2n) is 5.82. The molecule has 2 rings (SSSR count). The Morgan fingerprint density at radius 1 is 1.45 bits per heavy atom. The van der Waals surface area contributed by atoms with Crippen LogP contribution in [0.2, 0.25) is 0 Å². The first-order valence-corrected chi connectivity index (χ1v) is 9.47. The average molecular weight is 317 g/mol. The van der Waals surface area contributed by atoms with Crippen LogP contribution in [0, 0.1) is 18.8 Å². The molecule has 1 aromatic heterocycles. The molecule has 0 spiro atoms. The molecule has 2 N–H and O–H groups in total. The molecule has 1 aliphatic carbocycles. The highest BCUT2D eigenvalue weighted by Gasteiger charge is 2.25. The molecule has 1 fully saturated rings. The van der Waals surface area contributed by atoms with E-state index in [1.54, 1.807) is 12.3 Å². The highest BCUT2D eigenvalue weighted by molar-refractivity contribution is 7.89. The van der Waals surface area contributed by atoms with Gasteiger partial charge in [0.2, 0.25) is 10.0 Å². The van der Waals surface area contributed by atoms with Crippen molar-refractivity contribution in [1.29, 1.82) is 0 Å². The van der Waals surface area contributed by atoms with Crippen LogP contribution in [0.5, 0.6) is 0 Å². The number of hydrogen-bond acceptors (Lipinski definition) is 4. The van der Waals surface area contributed by atoms with Gasteiger partial charge in [-0.1, -0.05) is 19.8 Å². The van der Waals surface area contributed by atoms with E-state index in [2.05, 4.69) is 11.6 Å². The fourth-order valence-electron chi connectivity index (χ4n) is 3.00. The summed E-state index contributed by atoms with van der Waals surface area (Å²) in [5, 5.41) is 11.0. The predicted octanol–water partition coefficient (Wildman–Crippen LogP) is 2.65. The molecule has 4 nitrogen and oxygen atoms in total. The zero-order valence-electron chi connectivity index (χ0n) is 12.1. The molecule has 1 aromatic rings. The fourth-order valence-corrected chi connectivity index (χ4v) is 5.78. The van der Waals surface area contributed by atoms with E-state index in [4.69, 9.17) is 0 Å². The number of aryl methyl sites for hydroxylation is 1. The van der Waals surface area contributed by atoms with Gasteiger partial charge in [-0.15, -0.1) is 11.3 Å². The zero-order chi connectivity index (χ0) is 14.8. The second-order valence-corrected chi connectivity index (χ2v) is 8.49. The van der Waals surface area contributed by atoms with E-state index < -0.39 is 10.0 Å². The molecular formula is C14H23NO3S2. The van der Waals surface area contributed by atoms with Gasteiger partial charge in [0.1, 0.15) is 4.90 Å². The number of nitrogens with one attached hydrogen (secondary N) is 1. The van der Waals surface area contributed by atoms with Crippen molar-refractivity contribution in [2.24, 2.45) is 11.8 Å². The number of hydrogen-bond donors (Lipinski definition) is 2. The van der Waals surface area contributed by atoms with Crippen LogP contribution < -0.4 is 4.72 Å². The van der Waals surface area contributed by atoms with Crippen LogP contribution in [0.25, 0.3) is 0 Å². The summed E-state index contributed by atoms with van der Waals surface area (Å²) in [5.74, 6) is 1.12. The molecule has 0 amide bonds. The number of sulfonamides is 1. The highest BCUT2D eigenvalue weighted by Crippen LogP contribution is 2.30. The van der Waals surface area contributed by atoms with Crippen LogP contribution in [0.15, 0.2) is 10.3 Å². The summed E-state index contributed by atoms with van der Waals surface area (Å²) in [6, 6.07) is 0. The van der Waals surface area contributed by atoms with Crippen molar-refractivity contribution >= 4 is 21.4 Å². The van der Waals surface area contributed by atoms with Crippen molar-refractivity contribution in [2.75, 3.05) is 6.54 Å². The lowest BCUT2D eigenvalue weighted by molar-refractivity contribution is 0.281. The number of rotatable bonds is 5. The van der Waals surface area contributed by atoms with Crippen molar-refractivity contribution in [3.63, 3.8) is 0 Å². The molecule has 114 valence electrons. The quantitative estimate of drug-likeness (QED) is 0.877. The van der Waals surface area contributed by atoms with Crippen molar-refractivity contribution in [3.05, 3.63) is 15.8 Å². The van der Waals surface area contributed by atoms with E-state index in [0.717, 1.165) is 12.8 Å². The van der Waals surface area contributed by atoms with E-state index in [1.807, 2.05) is 0 Å². The van der Waals surface area contributed by atoms with Gasteiger partial charge >= 0.3 is 0 Å². The summed E-state index contributed by atoms with van der Waals surface area (Å²) in [4.78, 5) is 0.792. The molecular weight excluding hydrogens is 294 g/mol. The first-order chi connectivity index (χ1) is 9.44. The third-order valence-electron chi connectivity index (χ3n) is 4.01. The smallest absolute Gasteiger partial charge is 0.242 e. The third-order valence-corrected chi connectivity index (χ3v) is 6.88. The molecule has 2 atom stereocenters. The molecule has 0 aliphatic heterocycles. The molecule has 0 bridgehead atoms. The minimum atomic E-state index is -3.51. The standard InChI is InChI=1S/C14H23NO3S2/c1-10-4-3-5-12(6-10)7-15-20(17,18)14-11(2)9-19-13(14)8-16/h9-10,12,15-16H,3-8H2,1-2H3. The molecule has 1 saturated carbocycles. The van der Waals surface area contributed by atoms with Crippen molar-refractivity contribution in [1.82, 2.24) is 4.72 Å². The van der Waals surface area contributed by atoms with Crippen molar-refractivity contribution in [2.45, 2.75) is 51.0 Å². The number of aliphatic hydroxyl groups is 1. The largest absolute Gasteiger partial charge is 0.391 e. The van der Waals surface area contributed by atoms with Gasteiger partial charge in [0.25, 0.3) is 0 Å². The summed E-state index contributed by atoms with van der Waals surface area (Å²) >= 11 is 1.30. The molecule has 0 aromatic carbocycles. The lowest BCUT2D eigenvalue weighted by atomic mass is 9.83. The zero-order valence-corrected chi connectivity index (χ0v) is 13.7. The Labute approximate surface area is 125 Å². The number of thiophene rings is 1. The predicted molar refractivity (Wildman–Crippen MR) is 81.3 cm³/mol. The molecule has 0 radical (unpaired) electrons. The summed E-state index contributed by atoms with van der Waals surface area (Å²) in [6.45, 7) is 4.28. The molecule has 1 aliphatic rings. The molecule has 1 heterocycles. The van der Waals surface area contributed by atoms with Crippen LogP contribution in [0.3, 0.4) is 0 Å². The van der Waals surface area contributed by atoms with Crippen LogP contribution >= 0.6 is 11.3 Å². The lowest BCUT2D eigenvalue weighted by Gasteiger charge is -2.26. The Kier molecular flexibility index (Phi) is 5.23. The molecule has 2 unspecified atom stereocenters. The van der Waals surface area contributed by atoms with Gasteiger partial charge in [0.05, 0.1) is 11.5 Å². The second kappa shape index (κ2) is 6.56. The van der Waals surface area contributed by atoms with Gasteiger partial charge in [0.15, 0.2) is 0 Å². The van der Waals surface area contributed by atoms with Crippen LogP contribution in [-0.2, 0) is 16.6 Å². The SMILES string of the molecule is Cc1csc(CO)c1S(=O)(=O)NCC1CCCC(C)C1. The van der Waals surface area contributed by atoms with Gasteiger partial charge in [-0.05, 0) is 42.5 Å². The maximum absolute atomic E-state index is 12.4. The van der Waals surface area contributed by atoms with E-state index in [0.29, 0.717) is 28.8 Å². The minimum absolute atomic E-state index is 0.227. The summed E-state index contributed by atoms with van der Waals surface area (Å²) in [5.41, 5.74) is 0.712. The summed E-state index contributed by atoms with van der Waals surface area (Å²) < 4.78 is 27.5. The fraction of sp³-hybridized carbons (Fsp3) is 0.714. The first kappa shape index (κ1) is 15.9. The van der Waals surface area contributed by atoms with Gasteiger partial charge in [0, 0.05) is 6.54 Å². The third kappa shape index (κ3) is 3.61. The van der Waals surface area contributed by atoms with E-state index >= 15 is 0 Å². The van der Waals surface area contributed by atoms with Crippen LogP contribution in [0.1, 0.15) is 43.0 Å². The Hall–Kier alpha value is -0.430. The average Bonchev–Trinajstić information content (AvgIpc) is 2.78. The van der Waals surface area contributed by atoms with Crippen molar-refractivity contribution < 1.29 is 13.5 Å². The van der Waals surface area contributed by atoms with E-state index in [-0.39, 0.29) is 11.5 Å². The maximum atomic E-state index is 12.4. The van der Waals surface area contributed by atoms with Crippen LogP contribution in [0.4, 0.5) is 0 Å². The number of aliphatic hydroxyl groups excluding tert-OH is 1. The summed E-state index contributed by atoms with van der Waals surface area (Å²) in [7, 11) is -3.51. The molecule has 20 heavy (non-hydrogen) atoms. The van der Waals surface area contributed by atoms with Gasteiger partial charge < -0.3 is 5.11 Å². The summed E-state index contributed by atoms with van der Waals surface area (Å²) in [6.07, 6.45) is 4.63. The Balaban J connectivity index is 2.05. The molecule has 0 saturated heterocycles. The maximum Gasteiger partial charge on any atom is 0.242 e. The minimum Gasteiger partial charge on any atom is -0.391 e. The van der Waals surface area contributed by atoms with Crippen molar-refractivity contribution in [3.8, 4) is 0 Å². The lowest BCUT2D eigenvalue weighted by Crippen LogP contribution is -2.32. The first-order valence-electron chi connectivity index (χ1n) is 7.11.